The molecule has 0 aliphatic rings. The van der Waals surface area contributed by atoms with E-state index in [1.807, 2.05) is 0 Å². The molecule has 0 heterocycles. The Bertz CT molecular complexity index is 985. The van der Waals surface area contributed by atoms with Gasteiger partial charge in [-0.1, -0.05) is 180 Å². The third-order valence-corrected chi connectivity index (χ3v) is 10.1. The van der Waals surface area contributed by atoms with Gasteiger partial charge in [-0.05, 0) is 56.8 Å². The third-order valence-electron chi connectivity index (χ3n) is 10.1. The number of nitrogens with one attached hydrogen (secondary N) is 2. The van der Waals surface area contributed by atoms with Crippen molar-refractivity contribution in [3.05, 3.63) is 0 Å². The zero-order chi connectivity index (χ0) is 38.4. The molecule has 4 heteroatoms. The molecule has 304 valence electrons. The highest BCUT2D eigenvalue weighted by molar-refractivity contribution is 5.76. The average molecular weight is 735 g/mol. The summed E-state index contributed by atoms with van der Waals surface area (Å²) in [6.07, 6.45) is 44.3. The average Bonchev–Trinajstić information content (AvgIpc) is 3.16. The number of carbonyl (C=O) groups excluding carboxylic acids is 2. The zero-order valence-electron chi connectivity index (χ0n) is 35.4. The van der Waals surface area contributed by atoms with Crippen LogP contribution in [0.5, 0.6) is 0 Å². The van der Waals surface area contributed by atoms with Gasteiger partial charge >= 0.3 is 0 Å². The maximum atomic E-state index is 12.1. The first-order valence-electron chi connectivity index (χ1n) is 23.2. The quantitative estimate of drug-likeness (QED) is 0.0490. The van der Waals surface area contributed by atoms with Gasteiger partial charge in [0.2, 0.25) is 11.8 Å². The highest BCUT2D eigenvalue weighted by Gasteiger charge is 2.03. The topological polar surface area (TPSA) is 58.2 Å². The number of unbranched alkanes of at least 4 members (excludes halogenated alkanes) is 30. The summed E-state index contributed by atoms with van der Waals surface area (Å²) >= 11 is 0. The molecule has 0 atom stereocenters. The van der Waals surface area contributed by atoms with E-state index in [1.54, 1.807) is 0 Å². The fraction of sp³-hybridized carbons (Fsp3) is 0.837. The monoisotopic (exact) mass is 735 g/mol. The molecule has 0 aliphatic carbocycles. The predicted octanol–water partition coefficient (Wildman–Crippen LogP) is 13.7. The van der Waals surface area contributed by atoms with E-state index < -0.39 is 0 Å². The molecule has 0 rings (SSSR count). The van der Waals surface area contributed by atoms with Crippen LogP contribution in [0.1, 0.15) is 251 Å². The Morgan fingerprint density at radius 1 is 0.321 bits per heavy atom. The molecule has 0 radical (unpaired) electrons. The van der Waals surface area contributed by atoms with E-state index in [0.717, 1.165) is 64.2 Å². The second kappa shape index (κ2) is 45.8. The van der Waals surface area contributed by atoms with Crippen LogP contribution in [0, 0.1) is 35.5 Å². The second-order valence-corrected chi connectivity index (χ2v) is 15.4. The van der Waals surface area contributed by atoms with Gasteiger partial charge in [0.15, 0.2) is 0 Å². The number of hydrogen-bond donors (Lipinski definition) is 2. The molecule has 0 fully saturated rings. The Kier molecular flexibility index (Phi) is 43.7. The van der Waals surface area contributed by atoms with Gasteiger partial charge in [-0.15, -0.1) is 11.8 Å². The maximum absolute atomic E-state index is 12.1. The summed E-state index contributed by atoms with van der Waals surface area (Å²) in [5.74, 6) is 19.5. The summed E-state index contributed by atoms with van der Waals surface area (Å²) in [6, 6.07) is 0. The van der Waals surface area contributed by atoms with Crippen molar-refractivity contribution >= 4 is 11.8 Å². The smallest absolute Gasteiger partial charge is 0.219 e. The SMILES string of the molecule is CCCCCCCCCCC#CC#CCCCCCCCCC(=O)NCCCNC(=O)CCCCCCCCCCC#CCCCCCCCCCC. The molecule has 53 heavy (non-hydrogen) atoms. The van der Waals surface area contributed by atoms with Crippen molar-refractivity contribution in [2.24, 2.45) is 0 Å². The predicted molar refractivity (Wildman–Crippen MR) is 232 cm³/mol. The van der Waals surface area contributed by atoms with E-state index in [9.17, 15) is 9.59 Å². The van der Waals surface area contributed by atoms with Gasteiger partial charge in [-0.25, -0.2) is 0 Å². The van der Waals surface area contributed by atoms with Gasteiger partial charge in [0, 0.05) is 51.6 Å². The summed E-state index contributed by atoms with van der Waals surface area (Å²) < 4.78 is 0. The molecular weight excluding hydrogens is 649 g/mol. The van der Waals surface area contributed by atoms with Gasteiger partial charge < -0.3 is 10.6 Å². The van der Waals surface area contributed by atoms with Gasteiger partial charge in [-0.3, -0.25) is 9.59 Å². The van der Waals surface area contributed by atoms with Gasteiger partial charge in [0.25, 0.3) is 0 Å². The van der Waals surface area contributed by atoms with Crippen LogP contribution in [-0.4, -0.2) is 24.9 Å². The van der Waals surface area contributed by atoms with Crippen molar-refractivity contribution in [1.29, 1.82) is 0 Å². The largest absolute Gasteiger partial charge is 0.356 e. The lowest BCUT2D eigenvalue weighted by Gasteiger charge is -2.07. The van der Waals surface area contributed by atoms with Crippen molar-refractivity contribution < 1.29 is 9.59 Å². The van der Waals surface area contributed by atoms with Gasteiger partial charge in [-0.2, -0.15) is 0 Å². The molecule has 0 saturated heterocycles. The van der Waals surface area contributed by atoms with Crippen LogP contribution in [0.15, 0.2) is 0 Å². The van der Waals surface area contributed by atoms with Crippen LogP contribution in [-0.2, 0) is 9.59 Å². The van der Waals surface area contributed by atoms with Crippen LogP contribution < -0.4 is 10.6 Å². The number of amides is 2. The van der Waals surface area contributed by atoms with Crippen molar-refractivity contribution in [2.45, 2.75) is 251 Å². The molecule has 0 unspecified atom stereocenters. The summed E-state index contributed by atoms with van der Waals surface area (Å²) in [5.41, 5.74) is 0. The summed E-state index contributed by atoms with van der Waals surface area (Å²) in [7, 11) is 0. The summed E-state index contributed by atoms with van der Waals surface area (Å²) in [5, 5.41) is 6.01. The minimum Gasteiger partial charge on any atom is -0.356 e. The standard InChI is InChI=1S/C49H86N2O2/c1-3-5-7-9-11-13-15-17-19-21-23-25-27-29-31-33-35-37-39-41-44-48(52)50-46-43-47-51-49(53)45-42-40-38-36-34-32-30-28-26-24-22-20-18-16-14-12-10-8-6-4-2/h3-20,25,27,29-47H2,1-2H3,(H,50,52)(H,51,53). The van der Waals surface area contributed by atoms with E-state index in [4.69, 9.17) is 0 Å². The lowest BCUT2D eigenvalue weighted by molar-refractivity contribution is -0.121. The Balaban J connectivity index is 3.36. The van der Waals surface area contributed by atoms with E-state index in [1.165, 1.54) is 161 Å². The molecular formula is C49H86N2O2. The summed E-state index contributed by atoms with van der Waals surface area (Å²) in [4.78, 5) is 24.2. The molecule has 0 aromatic carbocycles. The lowest BCUT2D eigenvalue weighted by atomic mass is 10.1. The Labute approximate surface area is 331 Å². The summed E-state index contributed by atoms with van der Waals surface area (Å²) in [6.45, 7) is 5.82. The fourth-order valence-corrected chi connectivity index (χ4v) is 6.57. The van der Waals surface area contributed by atoms with Crippen LogP contribution in [0.4, 0.5) is 0 Å². The van der Waals surface area contributed by atoms with Crippen LogP contribution >= 0.6 is 0 Å². The third kappa shape index (κ3) is 45.7. The minimum atomic E-state index is 0.133. The maximum Gasteiger partial charge on any atom is 0.219 e. The first-order chi connectivity index (χ1) is 26.2. The fourth-order valence-electron chi connectivity index (χ4n) is 6.57. The minimum absolute atomic E-state index is 0.133. The van der Waals surface area contributed by atoms with Crippen LogP contribution in [0.3, 0.4) is 0 Å². The van der Waals surface area contributed by atoms with E-state index in [-0.39, 0.29) is 11.8 Å². The van der Waals surface area contributed by atoms with Crippen molar-refractivity contribution in [2.75, 3.05) is 13.1 Å². The molecule has 0 aromatic heterocycles. The normalized spacial score (nSPS) is 10.5. The molecule has 0 aliphatic heterocycles. The number of carbonyl (C=O) groups is 2. The Morgan fingerprint density at radius 2 is 0.585 bits per heavy atom. The lowest BCUT2D eigenvalue weighted by Crippen LogP contribution is -2.29. The first kappa shape index (κ1) is 50.6. The molecule has 0 aromatic rings. The molecule has 0 bridgehead atoms. The molecule has 0 spiro atoms. The second-order valence-electron chi connectivity index (χ2n) is 15.4. The Morgan fingerprint density at radius 3 is 0.906 bits per heavy atom. The van der Waals surface area contributed by atoms with Crippen molar-refractivity contribution in [3.8, 4) is 35.5 Å². The van der Waals surface area contributed by atoms with Crippen molar-refractivity contribution in [1.82, 2.24) is 10.6 Å². The van der Waals surface area contributed by atoms with E-state index in [0.29, 0.717) is 25.9 Å². The van der Waals surface area contributed by atoms with Crippen molar-refractivity contribution in [3.63, 3.8) is 0 Å². The van der Waals surface area contributed by atoms with Crippen LogP contribution in [0.2, 0.25) is 0 Å². The molecule has 2 N–H and O–H groups in total. The van der Waals surface area contributed by atoms with Gasteiger partial charge in [0.05, 0.1) is 0 Å². The zero-order valence-corrected chi connectivity index (χ0v) is 35.4. The first-order valence-corrected chi connectivity index (χ1v) is 23.2. The van der Waals surface area contributed by atoms with Gasteiger partial charge in [0.1, 0.15) is 0 Å². The van der Waals surface area contributed by atoms with E-state index >= 15 is 0 Å². The molecule has 0 saturated carbocycles. The highest BCUT2D eigenvalue weighted by Crippen LogP contribution is 2.12. The molecule has 4 nitrogen and oxygen atoms in total. The van der Waals surface area contributed by atoms with Crippen LogP contribution in [0.25, 0.3) is 0 Å². The number of hydrogen-bond acceptors (Lipinski definition) is 2. The van der Waals surface area contributed by atoms with E-state index in [2.05, 4.69) is 60.0 Å². The Hall–Kier alpha value is -2.38. The highest BCUT2D eigenvalue weighted by atomic mass is 16.2. The number of rotatable bonds is 38. The molecule has 2 amide bonds.